The Bertz CT molecular complexity index is 769. The van der Waals surface area contributed by atoms with Crippen LogP contribution in [-0.4, -0.2) is 21.5 Å². The van der Waals surface area contributed by atoms with Crippen LogP contribution in [0.5, 0.6) is 0 Å². The molecule has 106 valence electrons. The average molecular weight is 279 g/mol. The second-order valence-electron chi connectivity index (χ2n) is 4.76. The van der Waals surface area contributed by atoms with E-state index in [0.29, 0.717) is 0 Å². The summed E-state index contributed by atoms with van der Waals surface area (Å²) in [7, 11) is 0. The molecule has 2 N–H and O–H groups in total. The summed E-state index contributed by atoms with van der Waals surface area (Å²) < 4.78 is 0. The number of hydrogen-bond donors (Lipinski definition) is 2. The van der Waals surface area contributed by atoms with Gasteiger partial charge in [-0.15, -0.1) is 0 Å². The molecule has 0 atom stereocenters. The van der Waals surface area contributed by atoms with E-state index < -0.39 is 0 Å². The summed E-state index contributed by atoms with van der Waals surface area (Å²) in [6.45, 7) is 4.88. The van der Waals surface area contributed by atoms with Crippen molar-refractivity contribution in [1.82, 2.24) is 15.0 Å². The first-order valence-corrected chi connectivity index (χ1v) is 6.95. The summed E-state index contributed by atoms with van der Waals surface area (Å²) in [5, 5.41) is 7.67. The summed E-state index contributed by atoms with van der Waals surface area (Å²) in [6.07, 6.45) is 3.36. The summed E-state index contributed by atoms with van der Waals surface area (Å²) in [5.74, 6) is 1.67. The van der Waals surface area contributed by atoms with E-state index >= 15 is 0 Å². The molecule has 1 aromatic carbocycles. The predicted molar refractivity (Wildman–Crippen MR) is 86.0 cm³/mol. The molecule has 21 heavy (non-hydrogen) atoms. The summed E-state index contributed by atoms with van der Waals surface area (Å²) in [5.41, 5.74) is 2.97. The van der Waals surface area contributed by atoms with E-state index in [0.717, 1.165) is 40.3 Å². The van der Waals surface area contributed by atoms with Crippen LogP contribution in [0.1, 0.15) is 12.5 Å². The average Bonchev–Trinajstić information content (AvgIpc) is 2.51. The van der Waals surface area contributed by atoms with Gasteiger partial charge < -0.3 is 10.6 Å². The van der Waals surface area contributed by atoms with Crippen molar-refractivity contribution < 1.29 is 0 Å². The van der Waals surface area contributed by atoms with Crippen LogP contribution in [-0.2, 0) is 0 Å². The number of benzene rings is 1. The maximum atomic E-state index is 4.32. The molecule has 0 fully saturated rings. The number of aromatic nitrogens is 3. The molecular formula is C16H17N5. The van der Waals surface area contributed by atoms with E-state index in [4.69, 9.17) is 0 Å². The van der Waals surface area contributed by atoms with Gasteiger partial charge in [0.05, 0.1) is 5.52 Å². The highest BCUT2D eigenvalue weighted by Crippen LogP contribution is 2.24. The molecule has 2 aromatic heterocycles. The lowest BCUT2D eigenvalue weighted by Crippen LogP contribution is -2.05. The molecule has 0 saturated heterocycles. The van der Waals surface area contributed by atoms with Crippen molar-refractivity contribution in [2.75, 3.05) is 17.2 Å². The molecular weight excluding hydrogens is 262 g/mol. The number of pyridine rings is 1. The third kappa shape index (κ3) is 2.76. The van der Waals surface area contributed by atoms with Gasteiger partial charge in [-0.25, -0.2) is 9.97 Å². The maximum Gasteiger partial charge on any atom is 0.138 e. The van der Waals surface area contributed by atoms with Crippen LogP contribution >= 0.6 is 0 Å². The monoisotopic (exact) mass is 279 g/mol. The Morgan fingerprint density at radius 1 is 1.05 bits per heavy atom. The zero-order valence-electron chi connectivity index (χ0n) is 12.1. The first kappa shape index (κ1) is 13.3. The van der Waals surface area contributed by atoms with Crippen LogP contribution in [0, 0.1) is 6.92 Å². The molecule has 0 saturated carbocycles. The topological polar surface area (TPSA) is 62.7 Å². The third-order valence-corrected chi connectivity index (χ3v) is 3.29. The molecule has 3 aromatic rings. The summed E-state index contributed by atoms with van der Waals surface area (Å²) in [4.78, 5) is 12.9. The smallest absolute Gasteiger partial charge is 0.138 e. The fraction of sp³-hybridized carbons (Fsp3) is 0.188. The normalized spacial score (nSPS) is 10.6. The molecule has 5 heteroatoms. The number of nitrogens with one attached hydrogen (secondary N) is 2. The van der Waals surface area contributed by atoms with E-state index in [2.05, 4.69) is 31.7 Å². The Morgan fingerprint density at radius 3 is 2.76 bits per heavy atom. The van der Waals surface area contributed by atoms with Crippen molar-refractivity contribution in [2.45, 2.75) is 13.8 Å². The van der Waals surface area contributed by atoms with Gasteiger partial charge in [-0.1, -0.05) is 6.07 Å². The Balaban J connectivity index is 1.93. The molecule has 0 bridgehead atoms. The number of hydrogen-bond acceptors (Lipinski definition) is 5. The van der Waals surface area contributed by atoms with E-state index in [1.807, 2.05) is 38.1 Å². The third-order valence-electron chi connectivity index (χ3n) is 3.29. The lowest BCUT2D eigenvalue weighted by atomic mass is 10.2. The van der Waals surface area contributed by atoms with Crippen LogP contribution < -0.4 is 10.6 Å². The van der Waals surface area contributed by atoms with Crippen LogP contribution in [0.3, 0.4) is 0 Å². The molecule has 2 heterocycles. The van der Waals surface area contributed by atoms with E-state index in [1.54, 1.807) is 12.5 Å². The Labute approximate surface area is 123 Å². The standard InChI is InChI=1S/C16H17N5/c1-3-17-15-11(2)16(20-10-19-15)21-13-6-7-14-12(9-13)5-4-8-18-14/h4-10H,3H2,1-2H3,(H2,17,19,20,21). The Hall–Kier alpha value is -2.69. The Kier molecular flexibility index (Phi) is 3.64. The fourth-order valence-corrected chi connectivity index (χ4v) is 2.21. The highest BCUT2D eigenvalue weighted by molar-refractivity contribution is 5.83. The number of nitrogens with zero attached hydrogens (tertiary/aromatic N) is 3. The highest BCUT2D eigenvalue weighted by atomic mass is 15.1. The molecule has 0 aliphatic heterocycles. The van der Waals surface area contributed by atoms with Crippen molar-refractivity contribution in [3.05, 3.63) is 48.4 Å². The second-order valence-corrected chi connectivity index (χ2v) is 4.76. The number of anilines is 3. The highest BCUT2D eigenvalue weighted by Gasteiger charge is 2.06. The van der Waals surface area contributed by atoms with Crippen LogP contribution in [0.4, 0.5) is 17.3 Å². The van der Waals surface area contributed by atoms with Gasteiger partial charge in [0.2, 0.25) is 0 Å². The molecule has 0 amide bonds. The molecule has 0 spiro atoms. The van der Waals surface area contributed by atoms with Crippen molar-refractivity contribution >= 4 is 28.2 Å². The van der Waals surface area contributed by atoms with E-state index in [-0.39, 0.29) is 0 Å². The molecule has 0 aliphatic rings. The Morgan fingerprint density at radius 2 is 1.90 bits per heavy atom. The lowest BCUT2D eigenvalue weighted by molar-refractivity contribution is 1.08. The van der Waals surface area contributed by atoms with Crippen molar-refractivity contribution in [2.24, 2.45) is 0 Å². The first-order valence-electron chi connectivity index (χ1n) is 6.95. The molecule has 0 aliphatic carbocycles. The van der Waals surface area contributed by atoms with Gasteiger partial charge in [0.25, 0.3) is 0 Å². The predicted octanol–water partition coefficient (Wildman–Crippen LogP) is 3.51. The summed E-state index contributed by atoms with van der Waals surface area (Å²) >= 11 is 0. The second kappa shape index (κ2) is 5.75. The van der Waals surface area contributed by atoms with Crippen molar-refractivity contribution in [3.63, 3.8) is 0 Å². The van der Waals surface area contributed by atoms with Crippen LogP contribution in [0.2, 0.25) is 0 Å². The van der Waals surface area contributed by atoms with Gasteiger partial charge >= 0.3 is 0 Å². The summed E-state index contributed by atoms with van der Waals surface area (Å²) in [6, 6.07) is 10.1. The van der Waals surface area contributed by atoms with Gasteiger partial charge in [-0.05, 0) is 38.1 Å². The van der Waals surface area contributed by atoms with Gasteiger partial charge in [-0.3, -0.25) is 4.98 Å². The molecule has 0 unspecified atom stereocenters. The fourth-order valence-electron chi connectivity index (χ4n) is 2.21. The lowest BCUT2D eigenvalue weighted by Gasteiger charge is -2.12. The minimum Gasteiger partial charge on any atom is -0.370 e. The van der Waals surface area contributed by atoms with Gasteiger partial charge in [0, 0.05) is 29.4 Å². The van der Waals surface area contributed by atoms with Crippen LogP contribution in [0.25, 0.3) is 10.9 Å². The molecule has 3 rings (SSSR count). The number of fused-ring (bicyclic) bond motifs is 1. The maximum absolute atomic E-state index is 4.32. The largest absolute Gasteiger partial charge is 0.370 e. The van der Waals surface area contributed by atoms with Crippen LogP contribution in [0.15, 0.2) is 42.9 Å². The SMILES string of the molecule is CCNc1ncnc(Nc2ccc3ncccc3c2)c1C. The minimum atomic E-state index is 0.809. The quantitative estimate of drug-likeness (QED) is 0.765. The van der Waals surface area contributed by atoms with Gasteiger partial charge in [0.1, 0.15) is 18.0 Å². The number of rotatable bonds is 4. The van der Waals surface area contributed by atoms with E-state index in [9.17, 15) is 0 Å². The van der Waals surface area contributed by atoms with Crippen molar-refractivity contribution in [1.29, 1.82) is 0 Å². The van der Waals surface area contributed by atoms with Crippen molar-refractivity contribution in [3.8, 4) is 0 Å². The molecule has 0 radical (unpaired) electrons. The van der Waals surface area contributed by atoms with Gasteiger partial charge in [0.15, 0.2) is 0 Å². The minimum absolute atomic E-state index is 0.809. The zero-order valence-corrected chi connectivity index (χ0v) is 12.1. The first-order chi connectivity index (χ1) is 10.3. The van der Waals surface area contributed by atoms with E-state index in [1.165, 1.54) is 0 Å². The van der Waals surface area contributed by atoms with Gasteiger partial charge in [-0.2, -0.15) is 0 Å². The molecule has 5 nitrogen and oxygen atoms in total. The zero-order chi connectivity index (χ0) is 14.7.